The number of hydrogen-bond acceptors (Lipinski definition) is 5. The van der Waals surface area contributed by atoms with Gasteiger partial charge in [-0.2, -0.15) is 4.31 Å². The van der Waals surface area contributed by atoms with Gasteiger partial charge in [0.05, 0.1) is 10.5 Å². The minimum atomic E-state index is -3.53. The summed E-state index contributed by atoms with van der Waals surface area (Å²) in [5.74, 6) is -0.989. The van der Waals surface area contributed by atoms with Gasteiger partial charge in [-0.25, -0.2) is 13.2 Å². The highest BCUT2D eigenvalue weighted by Gasteiger charge is 2.26. The van der Waals surface area contributed by atoms with E-state index in [0.29, 0.717) is 19.6 Å². The van der Waals surface area contributed by atoms with Crippen LogP contribution in [0.15, 0.2) is 29.2 Å². The first-order valence-corrected chi connectivity index (χ1v) is 11.4. The maximum atomic E-state index is 12.6. The average Bonchev–Trinajstić information content (AvgIpc) is 2.72. The lowest BCUT2D eigenvalue weighted by Gasteiger charge is -2.25. The smallest absolute Gasteiger partial charge is 0.338 e. The number of nitrogens with zero attached hydrogens (tertiary/aromatic N) is 1. The van der Waals surface area contributed by atoms with Crippen LogP contribution in [0.2, 0.25) is 0 Å². The van der Waals surface area contributed by atoms with E-state index >= 15 is 0 Å². The van der Waals surface area contributed by atoms with Gasteiger partial charge in [-0.1, -0.05) is 32.6 Å². The highest BCUT2D eigenvalue weighted by molar-refractivity contribution is 7.89. The summed E-state index contributed by atoms with van der Waals surface area (Å²) >= 11 is 0. The molecular weight excluding hydrogens is 380 g/mol. The largest absolute Gasteiger partial charge is 0.452 e. The average molecular weight is 411 g/mol. The second-order valence-electron chi connectivity index (χ2n) is 6.98. The molecule has 1 aliphatic rings. The maximum absolute atomic E-state index is 12.6. The third-order valence-electron chi connectivity index (χ3n) is 4.73. The predicted molar refractivity (Wildman–Crippen MR) is 106 cm³/mol. The van der Waals surface area contributed by atoms with Gasteiger partial charge in [0.1, 0.15) is 0 Å². The molecule has 1 fully saturated rings. The molecule has 0 radical (unpaired) electrons. The number of carbonyl (C=O) groups excluding carboxylic acids is 2. The summed E-state index contributed by atoms with van der Waals surface area (Å²) in [5.41, 5.74) is 0.216. The zero-order valence-electron chi connectivity index (χ0n) is 16.5. The molecule has 1 aromatic rings. The SMILES string of the molecule is CCCCCCNC(=O)COC(=O)c1ccc(S(=O)(=O)N2CCCCC2)cc1. The number of ether oxygens (including phenoxy) is 1. The van der Waals surface area contributed by atoms with Crippen LogP contribution < -0.4 is 5.32 Å². The lowest BCUT2D eigenvalue weighted by atomic mass is 10.2. The molecule has 8 heteroatoms. The number of unbranched alkanes of at least 4 members (excludes halogenated alkanes) is 3. The normalized spacial score (nSPS) is 15.2. The molecule has 0 aliphatic carbocycles. The van der Waals surface area contributed by atoms with Crippen molar-refractivity contribution in [1.82, 2.24) is 9.62 Å². The molecule has 0 spiro atoms. The van der Waals surface area contributed by atoms with E-state index in [0.717, 1.165) is 44.9 Å². The molecule has 1 N–H and O–H groups in total. The molecule has 1 aliphatic heterocycles. The van der Waals surface area contributed by atoms with Crippen molar-refractivity contribution in [2.45, 2.75) is 56.8 Å². The van der Waals surface area contributed by atoms with E-state index < -0.39 is 16.0 Å². The van der Waals surface area contributed by atoms with Crippen molar-refractivity contribution < 1.29 is 22.7 Å². The Hall–Kier alpha value is -1.93. The van der Waals surface area contributed by atoms with Gasteiger partial charge in [0.15, 0.2) is 6.61 Å². The van der Waals surface area contributed by atoms with Crippen LogP contribution in [-0.4, -0.2) is 50.8 Å². The van der Waals surface area contributed by atoms with Gasteiger partial charge in [0.25, 0.3) is 5.91 Å². The van der Waals surface area contributed by atoms with Crippen molar-refractivity contribution in [1.29, 1.82) is 0 Å². The first-order valence-electron chi connectivity index (χ1n) is 9.99. The summed E-state index contributed by atoms with van der Waals surface area (Å²) in [4.78, 5) is 23.9. The fourth-order valence-electron chi connectivity index (χ4n) is 3.06. The van der Waals surface area contributed by atoms with Crippen LogP contribution in [-0.2, 0) is 19.6 Å². The van der Waals surface area contributed by atoms with E-state index in [2.05, 4.69) is 12.2 Å². The molecule has 0 aromatic heterocycles. The van der Waals surface area contributed by atoms with Gasteiger partial charge in [0.2, 0.25) is 10.0 Å². The summed E-state index contributed by atoms with van der Waals surface area (Å²) in [6, 6.07) is 5.66. The number of nitrogens with one attached hydrogen (secondary N) is 1. The first-order chi connectivity index (χ1) is 13.4. The molecule has 7 nitrogen and oxygen atoms in total. The Morgan fingerprint density at radius 3 is 2.36 bits per heavy atom. The molecule has 1 saturated heterocycles. The third-order valence-corrected chi connectivity index (χ3v) is 6.64. The van der Waals surface area contributed by atoms with Gasteiger partial charge < -0.3 is 10.1 Å². The number of hydrogen-bond donors (Lipinski definition) is 1. The van der Waals surface area contributed by atoms with Crippen LogP contribution in [0, 0.1) is 0 Å². The topological polar surface area (TPSA) is 92.8 Å². The van der Waals surface area contributed by atoms with Gasteiger partial charge in [0, 0.05) is 19.6 Å². The van der Waals surface area contributed by atoms with Crippen molar-refractivity contribution in [3.63, 3.8) is 0 Å². The summed E-state index contributed by atoms with van der Waals surface area (Å²) < 4.78 is 31.7. The Kier molecular flexibility index (Phi) is 8.92. The summed E-state index contributed by atoms with van der Waals surface area (Å²) in [6.07, 6.45) is 7.00. The van der Waals surface area contributed by atoms with Crippen molar-refractivity contribution in [3.8, 4) is 0 Å². The van der Waals surface area contributed by atoms with Gasteiger partial charge in [-0.3, -0.25) is 4.79 Å². The molecule has 0 atom stereocenters. The van der Waals surface area contributed by atoms with E-state index in [9.17, 15) is 18.0 Å². The molecule has 2 rings (SSSR count). The molecular formula is C20H30N2O5S. The van der Waals surface area contributed by atoms with Crippen LogP contribution >= 0.6 is 0 Å². The van der Waals surface area contributed by atoms with E-state index in [1.54, 1.807) is 0 Å². The number of amides is 1. The van der Waals surface area contributed by atoms with Crippen molar-refractivity contribution in [2.24, 2.45) is 0 Å². The van der Waals surface area contributed by atoms with Crippen LogP contribution in [0.5, 0.6) is 0 Å². The number of piperidine rings is 1. The minimum absolute atomic E-state index is 0.163. The Labute approximate surface area is 167 Å². The molecule has 28 heavy (non-hydrogen) atoms. The van der Waals surface area contributed by atoms with E-state index in [1.165, 1.54) is 28.6 Å². The quantitative estimate of drug-likeness (QED) is 0.473. The molecule has 1 aromatic carbocycles. The molecule has 0 saturated carbocycles. The predicted octanol–water partition coefficient (Wildman–Crippen LogP) is 2.71. The monoisotopic (exact) mass is 410 g/mol. The number of carbonyl (C=O) groups is 2. The zero-order valence-corrected chi connectivity index (χ0v) is 17.3. The minimum Gasteiger partial charge on any atom is -0.452 e. The zero-order chi connectivity index (χ0) is 20.4. The van der Waals surface area contributed by atoms with Crippen molar-refractivity contribution in [2.75, 3.05) is 26.2 Å². The van der Waals surface area contributed by atoms with Crippen LogP contribution in [0.25, 0.3) is 0 Å². The number of benzene rings is 1. The van der Waals surface area contributed by atoms with Crippen LogP contribution in [0.3, 0.4) is 0 Å². The highest BCUT2D eigenvalue weighted by atomic mass is 32.2. The standard InChI is InChI=1S/C20H30N2O5S/c1-2-3-4-6-13-21-19(23)16-27-20(24)17-9-11-18(12-10-17)28(25,26)22-14-7-5-8-15-22/h9-12H,2-8,13-16H2,1H3,(H,21,23). The summed E-state index contributed by atoms with van der Waals surface area (Å²) in [7, 11) is -3.53. The Morgan fingerprint density at radius 2 is 1.71 bits per heavy atom. The lowest BCUT2D eigenvalue weighted by Crippen LogP contribution is -2.35. The van der Waals surface area contributed by atoms with Crippen molar-refractivity contribution >= 4 is 21.9 Å². The number of esters is 1. The lowest BCUT2D eigenvalue weighted by molar-refractivity contribution is -0.124. The third kappa shape index (κ3) is 6.60. The van der Waals surface area contributed by atoms with Crippen molar-refractivity contribution in [3.05, 3.63) is 29.8 Å². The molecule has 1 heterocycles. The molecule has 1 amide bonds. The van der Waals surface area contributed by atoms with Gasteiger partial charge in [-0.15, -0.1) is 0 Å². The Bertz CT molecular complexity index is 740. The van der Waals surface area contributed by atoms with Gasteiger partial charge >= 0.3 is 5.97 Å². The van der Waals surface area contributed by atoms with Crippen LogP contribution in [0.1, 0.15) is 62.2 Å². The second kappa shape index (κ2) is 11.2. The molecule has 0 unspecified atom stereocenters. The fourth-order valence-corrected chi connectivity index (χ4v) is 4.58. The fraction of sp³-hybridized carbons (Fsp3) is 0.600. The number of rotatable bonds is 10. The second-order valence-corrected chi connectivity index (χ2v) is 8.91. The van der Waals surface area contributed by atoms with Crippen LogP contribution in [0.4, 0.5) is 0 Å². The van der Waals surface area contributed by atoms with E-state index in [1.807, 2.05) is 0 Å². The Balaban J connectivity index is 1.82. The molecule has 156 valence electrons. The maximum Gasteiger partial charge on any atom is 0.338 e. The first kappa shape index (κ1) is 22.4. The highest BCUT2D eigenvalue weighted by Crippen LogP contribution is 2.21. The summed E-state index contributed by atoms with van der Waals surface area (Å²) in [6.45, 7) is 3.40. The van der Waals surface area contributed by atoms with E-state index in [4.69, 9.17) is 4.74 Å². The number of sulfonamides is 1. The Morgan fingerprint density at radius 1 is 1.04 bits per heavy atom. The summed E-state index contributed by atoms with van der Waals surface area (Å²) in [5, 5.41) is 2.71. The molecule has 0 bridgehead atoms. The van der Waals surface area contributed by atoms with Gasteiger partial charge in [-0.05, 0) is 43.5 Å². The van der Waals surface area contributed by atoms with E-state index in [-0.39, 0.29) is 23.0 Å².